The van der Waals surface area contributed by atoms with Crippen molar-refractivity contribution in [3.63, 3.8) is 0 Å². The minimum Gasteiger partial charge on any atom is -0.469 e. The maximum absolute atomic E-state index is 12.1. The number of carbonyl (C=O) groups is 1. The summed E-state index contributed by atoms with van der Waals surface area (Å²) in [4.78, 5) is 12.1. The molecule has 0 radical (unpaired) electrons. The molecule has 2 fully saturated rings. The van der Waals surface area contributed by atoms with E-state index in [1.807, 2.05) is 0 Å². The number of rotatable bonds is 3. The van der Waals surface area contributed by atoms with Crippen LogP contribution in [0.25, 0.3) is 0 Å². The number of epoxide rings is 1. The second-order valence-corrected chi connectivity index (χ2v) is 5.59. The highest BCUT2D eigenvalue weighted by Gasteiger charge is 2.50. The highest BCUT2D eigenvalue weighted by molar-refractivity contribution is 5.77. The first-order valence-corrected chi connectivity index (χ1v) is 6.28. The number of methoxy groups -OCH3 is 1. The van der Waals surface area contributed by atoms with E-state index in [0.717, 1.165) is 25.9 Å². The Morgan fingerprint density at radius 2 is 2.12 bits per heavy atom. The Balaban J connectivity index is 2.18. The van der Waals surface area contributed by atoms with Gasteiger partial charge in [-0.3, -0.25) is 4.79 Å². The lowest BCUT2D eigenvalue weighted by Crippen LogP contribution is -2.44. The molecule has 3 heteroatoms. The van der Waals surface area contributed by atoms with Crippen LogP contribution in [-0.2, 0) is 14.3 Å². The molecule has 1 aliphatic heterocycles. The summed E-state index contributed by atoms with van der Waals surface area (Å²) in [7, 11) is 1.50. The van der Waals surface area contributed by atoms with Gasteiger partial charge in [-0.05, 0) is 31.1 Å². The van der Waals surface area contributed by atoms with Gasteiger partial charge in [-0.25, -0.2) is 0 Å². The Labute approximate surface area is 97.5 Å². The van der Waals surface area contributed by atoms with Gasteiger partial charge in [-0.2, -0.15) is 0 Å². The Hall–Kier alpha value is -0.570. The molecule has 1 aliphatic carbocycles. The number of carbonyl (C=O) groups excluding carboxylic acids is 1. The van der Waals surface area contributed by atoms with Crippen LogP contribution >= 0.6 is 0 Å². The first-order valence-electron chi connectivity index (χ1n) is 6.28. The van der Waals surface area contributed by atoms with E-state index in [0.29, 0.717) is 17.9 Å². The fourth-order valence-electron chi connectivity index (χ4n) is 3.18. The molecule has 4 unspecified atom stereocenters. The molecular weight excluding hydrogens is 204 g/mol. The molecule has 0 amide bonds. The average molecular weight is 226 g/mol. The smallest absolute Gasteiger partial charge is 0.312 e. The SMILES string of the molecule is COC(=O)C1(CC2CO2)CC(C)CCC1C. The molecule has 0 aromatic carbocycles. The Morgan fingerprint density at radius 1 is 1.44 bits per heavy atom. The van der Waals surface area contributed by atoms with Crippen LogP contribution in [-0.4, -0.2) is 25.8 Å². The molecule has 0 bridgehead atoms. The molecule has 0 aromatic heterocycles. The molecule has 1 saturated heterocycles. The van der Waals surface area contributed by atoms with Gasteiger partial charge in [-0.15, -0.1) is 0 Å². The molecule has 2 aliphatic rings. The fourth-order valence-corrected chi connectivity index (χ4v) is 3.18. The lowest BCUT2D eigenvalue weighted by atomic mass is 9.62. The van der Waals surface area contributed by atoms with Gasteiger partial charge in [0.2, 0.25) is 0 Å². The largest absolute Gasteiger partial charge is 0.469 e. The standard InChI is InChI=1S/C13H22O3/c1-9-4-5-10(2)13(6-9,12(14)15-3)7-11-8-16-11/h9-11H,4-8H2,1-3H3. The first-order chi connectivity index (χ1) is 7.58. The molecule has 4 atom stereocenters. The van der Waals surface area contributed by atoms with E-state index in [-0.39, 0.29) is 11.4 Å². The highest BCUT2D eigenvalue weighted by atomic mass is 16.6. The lowest BCUT2D eigenvalue weighted by molar-refractivity contribution is -0.161. The van der Waals surface area contributed by atoms with E-state index in [1.54, 1.807) is 0 Å². The van der Waals surface area contributed by atoms with E-state index >= 15 is 0 Å². The van der Waals surface area contributed by atoms with Gasteiger partial charge in [0, 0.05) is 0 Å². The molecule has 16 heavy (non-hydrogen) atoms. The summed E-state index contributed by atoms with van der Waals surface area (Å²) in [5.41, 5.74) is -0.284. The van der Waals surface area contributed by atoms with Crippen molar-refractivity contribution in [3.05, 3.63) is 0 Å². The number of esters is 1. The fraction of sp³-hybridized carbons (Fsp3) is 0.923. The molecule has 1 heterocycles. The van der Waals surface area contributed by atoms with Crippen LogP contribution in [0.1, 0.15) is 39.5 Å². The van der Waals surface area contributed by atoms with E-state index < -0.39 is 0 Å². The maximum Gasteiger partial charge on any atom is 0.312 e. The van der Waals surface area contributed by atoms with Crippen LogP contribution in [0.4, 0.5) is 0 Å². The summed E-state index contributed by atoms with van der Waals surface area (Å²) in [6.45, 7) is 5.24. The lowest BCUT2D eigenvalue weighted by Gasteiger charge is -2.42. The highest BCUT2D eigenvalue weighted by Crippen LogP contribution is 2.49. The Bertz CT molecular complexity index is 268. The summed E-state index contributed by atoms with van der Waals surface area (Å²) in [5.74, 6) is 1.01. The monoisotopic (exact) mass is 226 g/mol. The van der Waals surface area contributed by atoms with Crippen molar-refractivity contribution in [1.82, 2.24) is 0 Å². The predicted molar refractivity (Wildman–Crippen MR) is 61.0 cm³/mol. The van der Waals surface area contributed by atoms with Gasteiger partial charge in [0.25, 0.3) is 0 Å². The summed E-state index contributed by atoms with van der Waals surface area (Å²) >= 11 is 0. The molecule has 92 valence electrons. The van der Waals surface area contributed by atoms with Gasteiger partial charge in [0.15, 0.2) is 0 Å². The van der Waals surface area contributed by atoms with Gasteiger partial charge < -0.3 is 9.47 Å². The molecular formula is C13H22O3. The summed E-state index contributed by atoms with van der Waals surface area (Å²) in [6, 6.07) is 0. The maximum atomic E-state index is 12.1. The van der Waals surface area contributed by atoms with Crippen LogP contribution in [0.5, 0.6) is 0 Å². The van der Waals surface area contributed by atoms with Crippen LogP contribution in [0.15, 0.2) is 0 Å². The summed E-state index contributed by atoms with van der Waals surface area (Å²) < 4.78 is 10.4. The van der Waals surface area contributed by atoms with E-state index in [2.05, 4.69) is 13.8 Å². The first kappa shape index (κ1) is 11.9. The normalized spacial score (nSPS) is 42.8. The zero-order valence-electron chi connectivity index (χ0n) is 10.5. The molecule has 0 spiro atoms. The van der Waals surface area contributed by atoms with Crippen molar-refractivity contribution >= 4 is 5.97 Å². The number of ether oxygens (including phenoxy) is 2. The third-order valence-corrected chi connectivity index (χ3v) is 4.33. The van der Waals surface area contributed by atoms with Crippen molar-refractivity contribution in [1.29, 1.82) is 0 Å². The van der Waals surface area contributed by atoms with Crippen LogP contribution in [0.3, 0.4) is 0 Å². The van der Waals surface area contributed by atoms with Gasteiger partial charge >= 0.3 is 5.97 Å². The van der Waals surface area contributed by atoms with Crippen molar-refractivity contribution < 1.29 is 14.3 Å². The second-order valence-electron chi connectivity index (χ2n) is 5.59. The second kappa shape index (κ2) is 4.36. The molecule has 2 rings (SSSR count). The summed E-state index contributed by atoms with van der Waals surface area (Å²) in [5, 5.41) is 0. The molecule has 0 aromatic rings. The van der Waals surface area contributed by atoms with Crippen LogP contribution < -0.4 is 0 Å². The quantitative estimate of drug-likeness (QED) is 0.548. The minimum absolute atomic E-state index is 0.0259. The van der Waals surface area contributed by atoms with Crippen LogP contribution in [0.2, 0.25) is 0 Å². The van der Waals surface area contributed by atoms with Gasteiger partial charge in [0.05, 0.1) is 25.2 Å². The molecule has 1 saturated carbocycles. The topological polar surface area (TPSA) is 38.8 Å². The van der Waals surface area contributed by atoms with Gasteiger partial charge in [0.1, 0.15) is 0 Å². The number of hydrogen-bond acceptors (Lipinski definition) is 3. The Morgan fingerprint density at radius 3 is 2.69 bits per heavy atom. The Kier molecular flexibility index (Phi) is 3.24. The summed E-state index contributed by atoms with van der Waals surface area (Å²) in [6.07, 6.45) is 4.46. The predicted octanol–water partition coefficient (Wildman–Crippen LogP) is 2.39. The van der Waals surface area contributed by atoms with Crippen LogP contribution in [0, 0.1) is 17.3 Å². The minimum atomic E-state index is -0.284. The van der Waals surface area contributed by atoms with Crippen molar-refractivity contribution in [3.8, 4) is 0 Å². The zero-order valence-corrected chi connectivity index (χ0v) is 10.5. The van der Waals surface area contributed by atoms with E-state index in [4.69, 9.17) is 9.47 Å². The zero-order chi connectivity index (χ0) is 11.8. The third kappa shape index (κ3) is 2.10. The third-order valence-electron chi connectivity index (χ3n) is 4.33. The van der Waals surface area contributed by atoms with Crippen molar-refractivity contribution in [2.75, 3.05) is 13.7 Å². The molecule has 3 nitrogen and oxygen atoms in total. The van der Waals surface area contributed by atoms with Crippen molar-refractivity contribution in [2.45, 2.75) is 45.6 Å². The molecule has 0 N–H and O–H groups in total. The van der Waals surface area contributed by atoms with E-state index in [1.165, 1.54) is 13.5 Å². The average Bonchev–Trinajstić information content (AvgIpc) is 3.06. The number of hydrogen-bond donors (Lipinski definition) is 0. The van der Waals surface area contributed by atoms with Crippen molar-refractivity contribution in [2.24, 2.45) is 17.3 Å². The van der Waals surface area contributed by atoms with E-state index in [9.17, 15) is 4.79 Å². The van der Waals surface area contributed by atoms with Gasteiger partial charge in [-0.1, -0.05) is 20.3 Å².